The van der Waals surface area contributed by atoms with E-state index in [1.54, 1.807) is 0 Å². The van der Waals surface area contributed by atoms with Gasteiger partial charge < -0.3 is 4.74 Å². The van der Waals surface area contributed by atoms with Crippen molar-refractivity contribution in [2.45, 2.75) is 96.1 Å². The number of hydrogen-bond acceptors (Lipinski definition) is 5. The second-order valence-corrected chi connectivity index (χ2v) is 9.32. The van der Waals surface area contributed by atoms with Gasteiger partial charge in [-0.25, -0.2) is 10.4 Å². The first-order valence-corrected chi connectivity index (χ1v) is 11.4. The van der Waals surface area contributed by atoms with E-state index >= 15 is 0 Å². The molecule has 0 aromatic heterocycles. The van der Waals surface area contributed by atoms with Gasteiger partial charge in [0.2, 0.25) is 5.91 Å². The Bertz CT molecular complexity index is 491. The van der Waals surface area contributed by atoms with Crippen LogP contribution in [0.4, 0.5) is 0 Å². The molecule has 0 bridgehead atoms. The second kappa shape index (κ2) is 9.21. The molecule has 2 aliphatic heterocycles. The number of ether oxygens (including phenoxy) is 1. The fourth-order valence-corrected chi connectivity index (χ4v) is 5.43. The fraction of sp³-hybridized carbons (Fsp3) is 0.952. The summed E-state index contributed by atoms with van der Waals surface area (Å²) < 4.78 is 5.88. The van der Waals surface area contributed by atoms with Gasteiger partial charge in [-0.1, -0.05) is 39.0 Å². The fourth-order valence-electron chi connectivity index (χ4n) is 5.43. The number of rotatable bonds is 5. The third-order valence-electron chi connectivity index (χ3n) is 7.06. The van der Waals surface area contributed by atoms with Crippen LogP contribution in [0.1, 0.15) is 77.6 Å². The molecule has 27 heavy (non-hydrogen) atoms. The Morgan fingerprint density at radius 1 is 1.07 bits per heavy atom. The number of hydrogen-bond donors (Lipinski definition) is 3. The molecular weight excluding hydrogens is 340 g/mol. The summed E-state index contributed by atoms with van der Waals surface area (Å²) in [6.07, 6.45) is 13.4. The molecule has 2 aliphatic carbocycles. The number of carbonyl (C=O) groups excluding carboxylic acids is 1. The van der Waals surface area contributed by atoms with Crippen molar-refractivity contribution in [1.29, 1.82) is 0 Å². The summed E-state index contributed by atoms with van der Waals surface area (Å²) in [5.41, 5.74) is 3.47. The lowest BCUT2D eigenvalue weighted by atomic mass is 9.82. The van der Waals surface area contributed by atoms with Crippen molar-refractivity contribution in [3.63, 3.8) is 0 Å². The maximum Gasteiger partial charge on any atom is 0.242 e. The van der Waals surface area contributed by atoms with Gasteiger partial charge >= 0.3 is 0 Å². The molecule has 2 heterocycles. The van der Waals surface area contributed by atoms with Crippen LogP contribution in [0, 0.1) is 17.8 Å². The van der Waals surface area contributed by atoms with E-state index in [0.717, 1.165) is 44.8 Å². The van der Waals surface area contributed by atoms with Crippen LogP contribution in [-0.4, -0.2) is 42.6 Å². The highest BCUT2D eigenvalue weighted by molar-refractivity contribution is 5.79. The monoisotopic (exact) mass is 378 g/mol. The summed E-state index contributed by atoms with van der Waals surface area (Å²) >= 11 is 0. The van der Waals surface area contributed by atoms with Crippen LogP contribution >= 0.6 is 0 Å². The third kappa shape index (κ3) is 4.84. The molecule has 5 atom stereocenters. The highest BCUT2D eigenvalue weighted by atomic mass is 16.5. The van der Waals surface area contributed by atoms with E-state index < -0.39 is 0 Å². The van der Waals surface area contributed by atoms with E-state index in [0.29, 0.717) is 5.92 Å². The molecule has 4 rings (SSSR count). The lowest BCUT2D eigenvalue weighted by molar-refractivity contribution is -0.142. The number of nitrogens with one attached hydrogen (secondary N) is 3. The highest BCUT2D eigenvalue weighted by Crippen LogP contribution is 2.31. The van der Waals surface area contributed by atoms with E-state index in [1.807, 2.05) is 5.01 Å². The summed E-state index contributed by atoms with van der Waals surface area (Å²) in [5, 5.41) is 9.15. The maximum absolute atomic E-state index is 13.3. The molecule has 6 heteroatoms. The predicted molar refractivity (Wildman–Crippen MR) is 105 cm³/mol. The quantitative estimate of drug-likeness (QED) is 0.686. The molecule has 154 valence electrons. The van der Waals surface area contributed by atoms with E-state index in [9.17, 15) is 4.79 Å². The molecule has 0 aromatic rings. The number of hydrazine groups is 1. The van der Waals surface area contributed by atoms with Crippen LogP contribution in [0.3, 0.4) is 0 Å². The van der Waals surface area contributed by atoms with Gasteiger partial charge in [0.05, 0.1) is 6.10 Å². The van der Waals surface area contributed by atoms with Gasteiger partial charge in [0.1, 0.15) is 6.17 Å². The predicted octanol–water partition coefficient (Wildman–Crippen LogP) is 2.71. The van der Waals surface area contributed by atoms with Crippen molar-refractivity contribution < 1.29 is 9.53 Å². The molecule has 2 saturated heterocycles. The van der Waals surface area contributed by atoms with Crippen LogP contribution in [0.25, 0.3) is 0 Å². The molecular formula is C21H38N4O2. The zero-order valence-corrected chi connectivity index (χ0v) is 16.9. The Morgan fingerprint density at radius 2 is 1.93 bits per heavy atom. The van der Waals surface area contributed by atoms with Crippen molar-refractivity contribution >= 4 is 5.91 Å². The molecule has 4 fully saturated rings. The smallest absolute Gasteiger partial charge is 0.242 e. The zero-order chi connectivity index (χ0) is 18.6. The number of carbonyl (C=O) groups is 1. The van der Waals surface area contributed by atoms with Crippen LogP contribution in [0.2, 0.25) is 0 Å². The lowest BCUT2D eigenvalue weighted by Crippen LogP contribution is -2.55. The van der Waals surface area contributed by atoms with Crippen LogP contribution in [0.5, 0.6) is 0 Å². The van der Waals surface area contributed by atoms with Gasteiger partial charge in [0, 0.05) is 19.1 Å². The average Bonchev–Trinajstić information content (AvgIpc) is 3.36. The summed E-state index contributed by atoms with van der Waals surface area (Å²) in [6, 6.07) is 0. The Kier molecular flexibility index (Phi) is 6.69. The molecule has 2 saturated carbocycles. The van der Waals surface area contributed by atoms with Crippen molar-refractivity contribution in [3.8, 4) is 0 Å². The Morgan fingerprint density at radius 3 is 2.67 bits per heavy atom. The largest absolute Gasteiger partial charge is 0.375 e. The van der Waals surface area contributed by atoms with Gasteiger partial charge in [-0.15, -0.1) is 0 Å². The molecule has 4 aliphatic rings. The SMILES string of the molecule is CC1CCCC(C(=O)N2NC(C3CCCO3)NC2NCC2CCCCC2)C1. The van der Waals surface area contributed by atoms with Gasteiger partial charge in [0.25, 0.3) is 0 Å². The maximum atomic E-state index is 13.3. The van der Waals surface area contributed by atoms with Crippen molar-refractivity contribution in [2.24, 2.45) is 17.8 Å². The standard InChI is InChI=1S/C21H38N4O2/c1-15-7-5-10-17(13-15)20(26)25-21(22-14-16-8-3-2-4-9-16)23-19(24-25)18-11-6-12-27-18/h15-19,21-24H,2-14H2,1H3. The number of nitrogens with zero attached hydrogens (tertiary/aromatic N) is 1. The Hall–Kier alpha value is -0.690. The summed E-state index contributed by atoms with van der Waals surface area (Å²) in [5.74, 6) is 1.82. The first kappa shape index (κ1) is 19.6. The summed E-state index contributed by atoms with van der Waals surface area (Å²) in [4.78, 5) is 13.3. The van der Waals surface area contributed by atoms with Gasteiger partial charge in [-0.3, -0.25) is 15.4 Å². The van der Waals surface area contributed by atoms with Gasteiger partial charge in [-0.2, -0.15) is 0 Å². The Balaban J connectivity index is 1.39. The van der Waals surface area contributed by atoms with Gasteiger partial charge in [-0.05, 0) is 50.4 Å². The summed E-state index contributed by atoms with van der Waals surface area (Å²) in [6.45, 7) is 4.10. The summed E-state index contributed by atoms with van der Waals surface area (Å²) in [7, 11) is 0. The van der Waals surface area contributed by atoms with E-state index in [1.165, 1.54) is 44.9 Å². The highest BCUT2D eigenvalue weighted by Gasteiger charge is 2.42. The number of amides is 1. The zero-order valence-electron chi connectivity index (χ0n) is 16.9. The van der Waals surface area contributed by atoms with E-state index in [2.05, 4.69) is 23.0 Å². The van der Waals surface area contributed by atoms with Crippen LogP contribution < -0.4 is 16.1 Å². The molecule has 3 N–H and O–H groups in total. The minimum atomic E-state index is -0.120. The molecule has 5 unspecified atom stereocenters. The van der Waals surface area contributed by atoms with Crippen molar-refractivity contribution in [2.75, 3.05) is 13.2 Å². The second-order valence-electron chi connectivity index (χ2n) is 9.32. The van der Waals surface area contributed by atoms with E-state index in [-0.39, 0.29) is 30.4 Å². The van der Waals surface area contributed by atoms with E-state index in [4.69, 9.17) is 4.74 Å². The van der Waals surface area contributed by atoms with Crippen molar-refractivity contribution in [3.05, 3.63) is 0 Å². The topological polar surface area (TPSA) is 65.6 Å². The van der Waals surface area contributed by atoms with Crippen LogP contribution in [-0.2, 0) is 9.53 Å². The molecule has 0 aromatic carbocycles. The molecule has 6 nitrogen and oxygen atoms in total. The first-order valence-electron chi connectivity index (χ1n) is 11.4. The minimum Gasteiger partial charge on any atom is -0.375 e. The lowest BCUT2D eigenvalue weighted by Gasteiger charge is -2.33. The van der Waals surface area contributed by atoms with Crippen LogP contribution in [0.15, 0.2) is 0 Å². The Labute approximate surface area is 164 Å². The van der Waals surface area contributed by atoms with Crippen molar-refractivity contribution in [1.82, 2.24) is 21.1 Å². The normalized spacial score (nSPS) is 38.4. The molecule has 0 radical (unpaired) electrons. The average molecular weight is 379 g/mol. The van der Waals surface area contributed by atoms with Gasteiger partial charge in [0.15, 0.2) is 6.29 Å². The third-order valence-corrected chi connectivity index (χ3v) is 7.06. The molecule has 0 spiro atoms. The molecule has 1 amide bonds. The minimum absolute atomic E-state index is 0.0290. The first-order chi connectivity index (χ1) is 13.2.